The molecule has 0 radical (unpaired) electrons. The van der Waals surface area contributed by atoms with E-state index in [1.54, 1.807) is 31.2 Å². The Hall–Kier alpha value is -3.13. The molecular weight excluding hydrogens is 416 g/mol. The van der Waals surface area contributed by atoms with Crippen molar-refractivity contribution in [2.75, 3.05) is 25.6 Å². The van der Waals surface area contributed by atoms with E-state index in [0.29, 0.717) is 23.0 Å². The monoisotopic (exact) mass is 442 g/mol. The first kappa shape index (κ1) is 22.6. The molecular formula is C23H26N2O5S. The normalized spacial score (nSPS) is 16.7. The Morgan fingerprint density at radius 2 is 1.94 bits per heavy atom. The molecule has 1 atom stereocenters. The van der Waals surface area contributed by atoms with Crippen LogP contribution in [0.4, 0.5) is 5.69 Å². The molecule has 1 aliphatic heterocycles. The van der Waals surface area contributed by atoms with Crippen LogP contribution in [0, 0.1) is 0 Å². The SMILES string of the molecule is CCOC(=O)COc1ccc(/C=C2\S[C@@H](Nc3ccc(CC)cc3)NC2=O)cc1OC. The number of nitrogens with one attached hydrogen (secondary N) is 2. The topological polar surface area (TPSA) is 85.9 Å². The zero-order chi connectivity index (χ0) is 22.2. The molecule has 1 fully saturated rings. The van der Waals surface area contributed by atoms with E-state index in [1.807, 2.05) is 12.1 Å². The van der Waals surface area contributed by atoms with Gasteiger partial charge in [0.25, 0.3) is 5.91 Å². The molecule has 8 heteroatoms. The Bertz CT molecular complexity index is 959. The van der Waals surface area contributed by atoms with Gasteiger partial charge in [0.15, 0.2) is 23.6 Å². The van der Waals surface area contributed by atoms with Crippen molar-refractivity contribution in [3.8, 4) is 11.5 Å². The maximum Gasteiger partial charge on any atom is 0.344 e. The van der Waals surface area contributed by atoms with E-state index in [1.165, 1.54) is 24.4 Å². The summed E-state index contributed by atoms with van der Waals surface area (Å²) in [6.07, 6.45) is 2.78. The molecule has 1 aliphatic rings. The summed E-state index contributed by atoms with van der Waals surface area (Å²) >= 11 is 1.41. The lowest BCUT2D eigenvalue weighted by Gasteiger charge is -2.13. The van der Waals surface area contributed by atoms with Gasteiger partial charge in [0.2, 0.25) is 0 Å². The number of hydrogen-bond acceptors (Lipinski definition) is 7. The van der Waals surface area contributed by atoms with Gasteiger partial charge in [0.1, 0.15) is 0 Å². The number of rotatable bonds is 9. The molecule has 0 spiro atoms. The second-order valence-corrected chi connectivity index (χ2v) is 7.83. The third kappa shape index (κ3) is 6.18. The molecule has 3 rings (SSSR count). The van der Waals surface area contributed by atoms with Gasteiger partial charge >= 0.3 is 5.97 Å². The lowest BCUT2D eigenvalue weighted by molar-refractivity contribution is -0.145. The highest BCUT2D eigenvalue weighted by molar-refractivity contribution is 8.05. The van der Waals surface area contributed by atoms with Crippen LogP contribution in [0.5, 0.6) is 11.5 Å². The number of benzene rings is 2. The van der Waals surface area contributed by atoms with Gasteiger partial charge in [-0.2, -0.15) is 0 Å². The van der Waals surface area contributed by atoms with Gasteiger partial charge in [0.05, 0.1) is 18.6 Å². The van der Waals surface area contributed by atoms with Crippen molar-refractivity contribution in [2.24, 2.45) is 0 Å². The maximum atomic E-state index is 12.4. The van der Waals surface area contributed by atoms with Crippen LogP contribution in [0.15, 0.2) is 47.4 Å². The number of ether oxygens (including phenoxy) is 3. The molecule has 2 N–H and O–H groups in total. The van der Waals surface area contributed by atoms with Crippen molar-refractivity contribution in [2.45, 2.75) is 25.8 Å². The van der Waals surface area contributed by atoms with Gasteiger partial charge in [-0.05, 0) is 54.8 Å². The fourth-order valence-electron chi connectivity index (χ4n) is 2.94. The summed E-state index contributed by atoms with van der Waals surface area (Å²) in [7, 11) is 1.52. The van der Waals surface area contributed by atoms with Crippen LogP contribution in [0.1, 0.15) is 25.0 Å². The Kier molecular flexibility index (Phi) is 7.83. The summed E-state index contributed by atoms with van der Waals surface area (Å²) in [5.74, 6) is 0.302. The minimum atomic E-state index is -0.447. The molecule has 31 heavy (non-hydrogen) atoms. The number of esters is 1. The number of hydrogen-bond donors (Lipinski definition) is 2. The molecule has 1 saturated heterocycles. The molecule has 2 aromatic carbocycles. The van der Waals surface area contributed by atoms with Crippen molar-refractivity contribution in [3.63, 3.8) is 0 Å². The summed E-state index contributed by atoms with van der Waals surface area (Å²) in [4.78, 5) is 24.5. The van der Waals surface area contributed by atoms with E-state index in [2.05, 4.69) is 29.7 Å². The average molecular weight is 443 g/mol. The Morgan fingerprint density at radius 3 is 2.61 bits per heavy atom. The highest BCUT2D eigenvalue weighted by Crippen LogP contribution is 2.33. The molecule has 0 aliphatic carbocycles. The minimum absolute atomic E-state index is 0.144. The van der Waals surface area contributed by atoms with Gasteiger partial charge in [-0.3, -0.25) is 4.79 Å². The summed E-state index contributed by atoms with van der Waals surface area (Å²) in [6.45, 7) is 3.95. The zero-order valence-corrected chi connectivity index (χ0v) is 18.6. The van der Waals surface area contributed by atoms with E-state index in [9.17, 15) is 9.59 Å². The van der Waals surface area contributed by atoms with Crippen molar-refractivity contribution in [1.29, 1.82) is 0 Å². The molecule has 0 unspecified atom stereocenters. The Morgan fingerprint density at radius 1 is 1.16 bits per heavy atom. The molecule has 2 aromatic rings. The van der Waals surface area contributed by atoms with Crippen molar-refractivity contribution >= 4 is 35.4 Å². The van der Waals surface area contributed by atoms with Crippen molar-refractivity contribution in [1.82, 2.24) is 5.32 Å². The van der Waals surface area contributed by atoms with Gasteiger partial charge < -0.3 is 24.8 Å². The number of anilines is 1. The molecule has 0 aromatic heterocycles. The van der Waals surface area contributed by atoms with E-state index < -0.39 is 5.97 Å². The van der Waals surface area contributed by atoms with E-state index in [4.69, 9.17) is 14.2 Å². The lowest BCUT2D eigenvalue weighted by Crippen LogP contribution is -2.30. The fraction of sp³-hybridized carbons (Fsp3) is 0.304. The van der Waals surface area contributed by atoms with Gasteiger partial charge in [-0.25, -0.2) is 4.79 Å². The lowest BCUT2D eigenvalue weighted by atomic mass is 10.1. The number of carbonyl (C=O) groups excluding carboxylic acids is 2. The molecule has 1 heterocycles. The van der Waals surface area contributed by atoms with Crippen LogP contribution >= 0.6 is 11.8 Å². The smallest absolute Gasteiger partial charge is 0.344 e. The van der Waals surface area contributed by atoms with E-state index in [-0.39, 0.29) is 18.0 Å². The van der Waals surface area contributed by atoms with E-state index in [0.717, 1.165) is 17.7 Å². The van der Waals surface area contributed by atoms with Crippen LogP contribution < -0.4 is 20.1 Å². The zero-order valence-electron chi connectivity index (χ0n) is 17.8. The second kappa shape index (κ2) is 10.8. The first-order valence-corrected chi connectivity index (χ1v) is 10.9. The number of thioether (sulfide) groups is 1. The van der Waals surface area contributed by atoms with Crippen molar-refractivity contribution < 1.29 is 23.8 Å². The molecule has 0 bridgehead atoms. The predicted molar refractivity (Wildman–Crippen MR) is 122 cm³/mol. The molecule has 7 nitrogen and oxygen atoms in total. The predicted octanol–water partition coefficient (Wildman–Crippen LogP) is 3.80. The van der Waals surface area contributed by atoms with Gasteiger partial charge in [-0.1, -0.05) is 36.9 Å². The summed E-state index contributed by atoms with van der Waals surface area (Å²) in [5, 5.41) is 6.23. The number of methoxy groups -OCH3 is 1. The minimum Gasteiger partial charge on any atom is -0.493 e. The third-order valence-electron chi connectivity index (χ3n) is 4.53. The largest absolute Gasteiger partial charge is 0.493 e. The maximum absolute atomic E-state index is 12.4. The first-order valence-electron chi connectivity index (χ1n) is 10.0. The molecule has 164 valence electrons. The molecule has 1 amide bonds. The van der Waals surface area contributed by atoms with E-state index >= 15 is 0 Å². The summed E-state index contributed by atoms with van der Waals surface area (Å²) < 4.78 is 15.7. The average Bonchev–Trinajstić information content (AvgIpc) is 3.11. The first-order chi connectivity index (χ1) is 15.0. The summed E-state index contributed by atoms with van der Waals surface area (Å²) in [5.41, 5.74) is 2.74. The third-order valence-corrected chi connectivity index (χ3v) is 5.56. The van der Waals surface area contributed by atoms with Crippen LogP contribution in [0.25, 0.3) is 6.08 Å². The second-order valence-electron chi connectivity index (χ2n) is 6.68. The number of carbonyl (C=O) groups is 2. The van der Waals surface area contributed by atoms with Crippen LogP contribution in [0.2, 0.25) is 0 Å². The van der Waals surface area contributed by atoms with Crippen LogP contribution in [-0.2, 0) is 20.7 Å². The Labute approximate surface area is 186 Å². The molecule has 0 saturated carbocycles. The van der Waals surface area contributed by atoms with Crippen LogP contribution in [-0.4, -0.2) is 37.7 Å². The quantitative estimate of drug-likeness (QED) is 0.451. The van der Waals surface area contributed by atoms with Gasteiger partial charge in [0, 0.05) is 5.69 Å². The summed E-state index contributed by atoms with van der Waals surface area (Å²) in [6, 6.07) is 13.4. The highest BCUT2D eigenvalue weighted by atomic mass is 32.2. The number of aryl methyl sites for hydroxylation is 1. The van der Waals surface area contributed by atoms with Gasteiger partial charge in [-0.15, -0.1) is 0 Å². The Balaban J connectivity index is 1.66. The fourth-order valence-corrected chi connectivity index (χ4v) is 3.92. The van der Waals surface area contributed by atoms with Crippen LogP contribution in [0.3, 0.4) is 0 Å². The van der Waals surface area contributed by atoms with Crippen molar-refractivity contribution in [3.05, 3.63) is 58.5 Å². The standard InChI is InChI=1S/C23H26N2O5S/c1-4-15-6-9-17(10-7-15)24-23-25-22(27)20(31-23)13-16-8-11-18(19(12-16)28-3)30-14-21(26)29-5-2/h6-13,23-24H,4-5,14H2,1-3H3,(H,25,27)/b20-13-/t23-/m0/s1. The number of amides is 1. The highest BCUT2D eigenvalue weighted by Gasteiger charge is 2.27.